The lowest BCUT2D eigenvalue weighted by molar-refractivity contribution is 0.0296. The number of hydrogen-bond donors (Lipinski definition) is 2. The number of piperidine rings is 3. The van der Waals surface area contributed by atoms with E-state index in [4.69, 9.17) is 10.4 Å². The summed E-state index contributed by atoms with van der Waals surface area (Å²) in [5, 5.41) is 19.5. The molecule has 1 aromatic heterocycles. The molecule has 7 nitrogen and oxygen atoms in total. The number of nitrogens with zero attached hydrogens (tertiary/aromatic N) is 4. The van der Waals surface area contributed by atoms with Crippen LogP contribution in [-0.2, 0) is 7.05 Å². The van der Waals surface area contributed by atoms with Crippen LogP contribution in [0.2, 0.25) is 0 Å². The molecule has 6 rings (SSSR count). The Labute approximate surface area is 198 Å². The lowest BCUT2D eigenvalue weighted by Crippen LogP contribution is -2.56. The van der Waals surface area contributed by atoms with Crippen LogP contribution in [-0.4, -0.2) is 46.4 Å². The predicted molar refractivity (Wildman–Crippen MR) is 128 cm³/mol. The highest BCUT2D eigenvalue weighted by atomic mass is 19.1. The number of nitrogens with one attached hydrogen (secondary N) is 2. The van der Waals surface area contributed by atoms with Crippen molar-refractivity contribution in [1.29, 1.82) is 5.26 Å². The molecular weight excluding hydrogens is 431 g/mol. The second-order valence-electron chi connectivity index (χ2n) is 9.15. The first-order valence-electron chi connectivity index (χ1n) is 11.6. The molecule has 0 aliphatic carbocycles. The third-order valence-electron chi connectivity index (χ3n) is 7.06. The molecular formula is C26H27FN6O. The van der Waals surface area contributed by atoms with Crippen molar-refractivity contribution < 1.29 is 9.18 Å². The molecule has 2 N–H and O–H groups in total. The van der Waals surface area contributed by atoms with Gasteiger partial charge < -0.3 is 10.6 Å². The molecule has 174 valence electrons. The SMILES string of the molecule is Cn1nc(-c2ccc(F)cc2)cc1[C@@H]1CN2CC[C@H]1C[C@@H]2CNC(=O)Nc1cccc(C#N)c1. The van der Waals surface area contributed by atoms with Crippen LogP contribution in [0, 0.1) is 23.1 Å². The minimum absolute atomic E-state index is 0.249. The Balaban J connectivity index is 1.20. The van der Waals surface area contributed by atoms with E-state index in [0.717, 1.165) is 37.2 Å². The van der Waals surface area contributed by atoms with Gasteiger partial charge in [-0.15, -0.1) is 0 Å². The van der Waals surface area contributed by atoms with Crippen LogP contribution in [0.25, 0.3) is 11.3 Å². The average Bonchev–Trinajstić information content (AvgIpc) is 3.25. The Morgan fingerprint density at radius 3 is 2.79 bits per heavy atom. The molecule has 2 amide bonds. The van der Waals surface area contributed by atoms with E-state index in [1.54, 1.807) is 36.4 Å². The summed E-state index contributed by atoms with van der Waals surface area (Å²) in [5.74, 6) is 0.671. The number of fused-ring (bicyclic) bond motifs is 3. The smallest absolute Gasteiger partial charge is 0.319 e. The van der Waals surface area contributed by atoms with Crippen LogP contribution in [0.15, 0.2) is 54.6 Å². The van der Waals surface area contributed by atoms with E-state index in [1.165, 1.54) is 17.8 Å². The second kappa shape index (κ2) is 9.27. The van der Waals surface area contributed by atoms with Crippen LogP contribution in [0.5, 0.6) is 0 Å². The summed E-state index contributed by atoms with van der Waals surface area (Å²) < 4.78 is 15.3. The number of anilines is 1. The fourth-order valence-electron chi connectivity index (χ4n) is 5.33. The molecule has 8 heteroatoms. The number of amides is 2. The third kappa shape index (κ3) is 4.52. The summed E-state index contributed by atoms with van der Waals surface area (Å²) in [7, 11) is 1.98. The van der Waals surface area contributed by atoms with Crippen LogP contribution in [0.3, 0.4) is 0 Å². The first-order chi connectivity index (χ1) is 16.5. The number of hydrogen-bond acceptors (Lipinski definition) is 4. The highest BCUT2D eigenvalue weighted by Gasteiger charge is 2.41. The summed E-state index contributed by atoms with van der Waals surface area (Å²) in [4.78, 5) is 14.9. The van der Waals surface area contributed by atoms with Gasteiger partial charge in [0.1, 0.15) is 5.82 Å². The normalized spacial score (nSPS) is 23.3. The Morgan fingerprint density at radius 1 is 1.24 bits per heavy atom. The number of carbonyl (C=O) groups is 1. The molecule has 2 bridgehead atoms. The van der Waals surface area contributed by atoms with Gasteiger partial charge in [0.25, 0.3) is 0 Å². The van der Waals surface area contributed by atoms with E-state index in [2.05, 4.69) is 27.7 Å². The molecule has 34 heavy (non-hydrogen) atoms. The van der Waals surface area contributed by atoms with E-state index in [0.29, 0.717) is 35.7 Å². The highest BCUT2D eigenvalue weighted by molar-refractivity contribution is 5.89. The van der Waals surface area contributed by atoms with Crippen molar-refractivity contribution in [2.24, 2.45) is 13.0 Å². The number of aromatic nitrogens is 2. The summed E-state index contributed by atoms with van der Waals surface area (Å²) in [5.41, 5.74) is 4.10. The van der Waals surface area contributed by atoms with Gasteiger partial charge in [0.2, 0.25) is 0 Å². The van der Waals surface area contributed by atoms with Gasteiger partial charge >= 0.3 is 6.03 Å². The molecule has 0 saturated carbocycles. The van der Waals surface area contributed by atoms with Crippen molar-refractivity contribution in [3.8, 4) is 17.3 Å². The maximum Gasteiger partial charge on any atom is 0.319 e. The number of urea groups is 1. The molecule has 3 aromatic rings. The molecule has 2 aromatic carbocycles. The number of benzene rings is 2. The molecule has 3 aliphatic heterocycles. The van der Waals surface area contributed by atoms with E-state index < -0.39 is 0 Å². The van der Waals surface area contributed by atoms with Gasteiger partial charge in [-0.1, -0.05) is 6.07 Å². The minimum Gasteiger partial charge on any atom is -0.336 e. The molecule has 3 fully saturated rings. The molecule has 1 unspecified atom stereocenters. The Kier molecular flexibility index (Phi) is 6.03. The summed E-state index contributed by atoms with van der Waals surface area (Å²) in [6.45, 7) is 2.55. The van der Waals surface area contributed by atoms with E-state index in [-0.39, 0.29) is 11.8 Å². The number of aryl methyl sites for hydroxylation is 1. The second-order valence-corrected chi connectivity index (χ2v) is 9.15. The Hall–Kier alpha value is -3.70. The zero-order valence-electron chi connectivity index (χ0n) is 19.0. The van der Waals surface area contributed by atoms with Crippen LogP contribution >= 0.6 is 0 Å². The molecule has 0 radical (unpaired) electrons. The summed E-state index contributed by atoms with van der Waals surface area (Å²) in [6, 6.07) is 17.6. The maximum atomic E-state index is 13.3. The van der Waals surface area contributed by atoms with Gasteiger partial charge in [-0.05, 0) is 73.8 Å². The zero-order chi connectivity index (χ0) is 23.7. The standard InChI is InChI=1S/C26H27FN6O/c1-32-25(13-24(31-32)18-5-7-20(27)8-6-18)23-16-33-10-9-19(23)12-22(33)15-29-26(34)30-21-4-2-3-17(11-21)14-28/h2-8,11,13,19,22-23H,9-10,12,15-16H2,1H3,(H2,29,30,34)/t19-,22+,23+/m0/s1. The van der Waals surface area contributed by atoms with Crippen LogP contribution < -0.4 is 10.6 Å². The van der Waals surface area contributed by atoms with Crippen molar-refractivity contribution in [2.45, 2.75) is 24.8 Å². The first kappa shape index (κ1) is 22.1. The number of rotatable bonds is 5. The lowest BCUT2D eigenvalue weighted by Gasteiger charge is -2.49. The van der Waals surface area contributed by atoms with Crippen molar-refractivity contribution in [1.82, 2.24) is 20.0 Å². The van der Waals surface area contributed by atoms with Gasteiger partial charge in [0.15, 0.2) is 0 Å². The first-order valence-corrected chi connectivity index (χ1v) is 11.6. The molecule has 4 atom stereocenters. The van der Waals surface area contributed by atoms with Crippen molar-refractivity contribution in [3.63, 3.8) is 0 Å². The van der Waals surface area contributed by atoms with Gasteiger partial charge in [0, 0.05) is 49.0 Å². The summed E-state index contributed by atoms with van der Waals surface area (Å²) >= 11 is 0. The average molecular weight is 459 g/mol. The van der Waals surface area contributed by atoms with E-state index in [1.807, 2.05) is 11.7 Å². The van der Waals surface area contributed by atoms with Crippen molar-refractivity contribution in [3.05, 3.63) is 71.7 Å². The molecule has 3 aliphatic rings. The van der Waals surface area contributed by atoms with Crippen molar-refractivity contribution >= 4 is 11.7 Å². The largest absolute Gasteiger partial charge is 0.336 e. The van der Waals surface area contributed by atoms with Crippen molar-refractivity contribution in [2.75, 3.05) is 25.0 Å². The molecule has 0 spiro atoms. The van der Waals surface area contributed by atoms with Gasteiger partial charge in [0.05, 0.1) is 17.3 Å². The Bertz CT molecular complexity index is 1230. The fourth-order valence-corrected chi connectivity index (χ4v) is 5.33. The monoisotopic (exact) mass is 458 g/mol. The Morgan fingerprint density at radius 2 is 2.06 bits per heavy atom. The topological polar surface area (TPSA) is 86.0 Å². The van der Waals surface area contributed by atoms with Crippen LogP contribution in [0.4, 0.5) is 14.9 Å². The maximum absolute atomic E-state index is 13.3. The van der Waals surface area contributed by atoms with Gasteiger partial charge in [-0.3, -0.25) is 9.58 Å². The van der Waals surface area contributed by atoms with Gasteiger partial charge in [-0.2, -0.15) is 10.4 Å². The zero-order valence-corrected chi connectivity index (χ0v) is 19.0. The van der Waals surface area contributed by atoms with E-state index >= 15 is 0 Å². The highest BCUT2D eigenvalue weighted by Crippen LogP contribution is 2.42. The quantitative estimate of drug-likeness (QED) is 0.603. The third-order valence-corrected chi connectivity index (χ3v) is 7.06. The molecule has 4 heterocycles. The lowest BCUT2D eigenvalue weighted by atomic mass is 9.74. The fraction of sp³-hybridized carbons (Fsp3) is 0.346. The minimum atomic E-state index is -0.259. The number of nitriles is 1. The van der Waals surface area contributed by atoms with E-state index in [9.17, 15) is 9.18 Å². The van der Waals surface area contributed by atoms with Gasteiger partial charge in [-0.25, -0.2) is 9.18 Å². The summed E-state index contributed by atoms with van der Waals surface area (Å²) in [6.07, 6.45) is 2.15. The number of carbonyl (C=O) groups excluding carboxylic acids is 1. The number of halogens is 1. The van der Waals surface area contributed by atoms with Crippen LogP contribution in [0.1, 0.15) is 30.0 Å². The predicted octanol–water partition coefficient (Wildman–Crippen LogP) is 4.10. The molecule has 3 saturated heterocycles.